The third-order valence-electron chi connectivity index (χ3n) is 7.34. The molecule has 3 nitrogen and oxygen atoms in total. The van der Waals surface area contributed by atoms with E-state index in [2.05, 4.69) is 58.9 Å². The van der Waals surface area contributed by atoms with Gasteiger partial charge >= 0.3 is 5.97 Å². The average Bonchev–Trinajstić information content (AvgIpc) is 2.82. The summed E-state index contributed by atoms with van der Waals surface area (Å²) in [5, 5.41) is 8.58. The van der Waals surface area contributed by atoms with Crippen molar-refractivity contribution in [2.24, 2.45) is 0 Å². The Morgan fingerprint density at radius 3 is 2.14 bits per heavy atom. The van der Waals surface area contributed by atoms with Crippen molar-refractivity contribution in [2.45, 2.75) is 90.4 Å². The minimum absolute atomic E-state index is 0.170. The number of unbranched alkanes of at least 4 members (excludes halogenated alkanes) is 3. The predicted octanol–water partition coefficient (Wildman–Crippen LogP) is 8.29. The van der Waals surface area contributed by atoms with Gasteiger partial charge in [-0.05, 0) is 76.5 Å². The van der Waals surface area contributed by atoms with Crippen LogP contribution in [0.5, 0.6) is 0 Å². The van der Waals surface area contributed by atoms with Gasteiger partial charge < -0.3 is 5.11 Å². The van der Waals surface area contributed by atoms with E-state index in [0.717, 1.165) is 23.7 Å². The highest BCUT2D eigenvalue weighted by molar-refractivity contribution is 8.14. The third kappa shape index (κ3) is 7.10. The number of benzene rings is 2. The van der Waals surface area contributed by atoms with E-state index in [9.17, 15) is 9.59 Å². The van der Waals surface area contributed by atoms with Crippen LogP contribution in [-0.4, -0.2) is 21.9 Å². The molecule has 0 heterocycles. The van der Waals surface area contributed by atoms with E-state index in [-0.39, 0.29) is 21.7 Å². The van der Waals surface area contributed by atoms with E-state index in [0.29, 0.717) is 5.56 Å². The lowest BCUT2D eigenvalue weighted by Gasteiger charge is -2.42. The highest BCUT2D eigenvalue weighted by Gasteiger charge is 2.37. The van der Waals surface area contributed by atoms with Crippen molar-refractivity contribution in [3.05, 3.63) is 69.8 Å². The molecule has 0 aromatic heterocycles. The first-order valence-corrected chi connectivity index (χ1v) is 13.9. The first-order valence-electron chi connectivity index (χ1n) is 12.9. The van der Waals surface area contributed by atoms with Crippen molar-refractivity contribution in [1.82, 2.24) is 0 Å². The Morgan fingerprint density at radius 1 is 0.914 bits per heavy atom. The maximum Gasteiger partial charge on any atom is 0.313 e. The number of carbonyl (C=O) groups excluding carboxylic acids is 1. The van der Waals surface area contributed by atoms with Gasteiger partial charge in [-0.3, -0.25) is 9.59 Å². The molecule has 0 aliphatic heterocycles. The minimum atomic E-state index is -0.981. The molecule has 2 aromatic carbocycles. The van der Waals surface area contributed by atoms with E-state index >= 15 is 0 Å². The molecule has 2 aromatic rings. The molecule has 1 aliphatic rings. The fourth-order valence-corrected chi connectivity index (χ4v) is 5.47. The van der Waals surface area contributed by atoms with E-state index in [1.807, 2.05) is 12.1 Å². The molecule has 0 radical (unpaired) electrons. The van der Waals surface area contributed by atoms with Crippen molar-refractivity contribution < 1.29 is 14.7 Å². The van der Waals surface area contributed by atoms with Gasteiger partial charge in [0.05, 0.1) is 5.75 Å². The van der Waals surface area contributed by atoms with Gasteiger partial charge in [0, 0.05) is 5.56 Å². The summed E-state index contributed by atoms with van der Waals surface area (Å²) >= 11 is 0.823. The molecule has 1 aliphatic carbocycles. The van der Waals surface area contributed by atoms with Crippen molar-refractivity contribution in [3.63, 3.8) is 0 Å². The second-order valence-electron chi connectivity index (χ2n) is 11.1. The van der Waals surface area contributed by atoms with Crippen LogP contribution in [0.4, 0.5) is 0 Å². The normalized spacial score (nSPS) is 16.3. The van der Waals surface area contributed by atoms with Crippen molar-refractivity contribution in [1.29, 1.82) is 0 Å². The second kappa shape index (κ2) is 11.6. The number of carbonyl (C=O) groups is 2. The van der Waals surface area contributed by atoms with Crippen LogP contribution in [0.1, 0.15) is 111 Å². The van der Waals surface area contributed by atoms with Crippen molar-refractivity contribution in [3.8, 4) is 0 Å². The zero-order valence-electron chi connectivity index (χ0n) is 21.9. The van der Waals surface area contributed by atoms with Crippen LogP contribution in [0, 0.1) is 0 Å². The maximum atomic E-state index is 12.2. The topological polar surface area (TPSA) is 54.4 Å². The number of aliphatic carboxylic acids is 1. The average molecular weight is 493 g/mol. The molecule has 1 N–H and O–H groups in total. The zero-order chi connectivity index (χ0) is 25.6. The summed E-state index contributed by atoms with van der Waals surface area (Å²) < 4.78 is 0. The summed E-state index contributed by atoms with van der Waals surface area (Å²) in [6, 6.07) is 12.3. The van der Waals surface area contributed by atoms with Gasteiger partial charge in [0.2, 0.25) is 5.12 Å². The Balaban J connectivity index is 1.89. The van der Waals surface area contributed by atoms with Crippen LogP contribution in [0.25, 0.3) is 12.2 Å². The van der Waals surface area contributed by atoms with Crippen molar-refractivity contribution >= 4 is 35.0 Å². The molecule has 0 saturated carbocycles. The van der Waals surface area contributed by atoms with Gasteiger partial charge in [0.15, 0.2) is 0 Å². The molecular weight excluding hydrogens is 452 g/mol. The Labute approximate surface area is 215 Å². The SMILES string of the molecule is CCCCCCc1cc2c(cc1/C=C/c1ccc(C(=O)SCC(=O)O)cc1)C(C)(C)CCC2(C)C. The van der Waals surface area contributed by atoms with E-state index in [1.54, 1.807) is 12.1 Å². The van der Waals surface area contributed by atoms with Crippen LogP contribution in [0.15, 0.2) is 36.4 Å². The molecule has 0 bridgehead atoms. The summed E-state index contributed by atoms with van der Waals surface area (Å²) in [7, 11) is 0. The Kier molecular flexibility index (Phi) is 9.04. The lowest BCUT2D eigenvalue weighted by molar-refractivity contribution is -0.133. The largest absolute Gasteiger partial charge is 0.481 e. The number of carboxylic acid groups (broad SMARTS) is 1. The van der Waals surface area contributed by atoms with E-state index in [4.69, 9.17) is 5.11 Å². The molecule has 0 atom stereocenters. The molecule has 4 heteroatoms. The zero-order valence-corrected chi connectivity index (χ0v) is 22.8. The molecule has 35 heavy (non-hydrogen) atoms. The smallest absolute Gasteiger partial charge is 0.313 e. The fourth-order valence-electron chi connectivity index (χ4n) is 4.92. The van der Waals surface area contributed by atoms with Crippen LogP contribution in [-0.2, 0) is 22.0 Å². The minimum Gasteiger partial charge on any atom is -0.481 e. The molecule has 0 amide bonds. The van der Waals surface area contributed by atoms with Crippen LogP contribution >= 0.6 is 11.8 Å². The Morgan fingerprint density at radius 2 is 1.54 bits per heavy atom. The molecule has 3 rings (SSSR count). The molecule has 0 unspecified atom stereocenters. The van der Waals surface area contributed by atoms with Gasteiger partial charge in [0.25, 0.3) is 0 Å². The molecule has 188 valence electrons. The highest BCUT2D eigenvalue weighted by Crippen LogP contribution is 2.47. The van der Waals surface area contributed by atoms with Gasteiger partial charge in [-0.15, -0.1) is 0 Å². The number of rotatable bonds is 10. The Bertz CT molecular complexity index is 1080. The van der Waals surface area contributed by atoms with Crippen LogP contribution in [0.3, 0.4) is 0 Å². The first kappa shape index (κ1) is 27.3. The molecule has 0 fully saturated rings. The number of hydrogen-bond donors (Lipinski definition) is 1. The summed E-state index contributed by atoms with van der Waals surface area (Å²) in [5.74, 6) is -1.20. The lowest BCUT2D eigenvalue weighted by atomic mass is 9.62. The number of carboxylic acids is 1. The third-order valence-corrected chi connectivity index (χ3v) is 8.23. The summed E-state index contributed by atoms with van der Waals surface area (Å²) in [4.78, 5) is 22.9. The first-order chi connectivity index (χ1) is 16.5. The Hall–Kier alpha value is -2.33. The molecule has 0 saturated heterocycles. The summed E-state index contributed by atoms with van der Waals surface area (Å²) in [6.45, 7) is 11.8. The fraction of sp³-hybridized carbons (Fsp3) is 0.484. The van der Waals surface area contributed by atoms with Gasteiger partial charge in [-0.25, -0.2) is 0 Å². The van der Waals surface area contributed by atoms with Gasteiger partial charge in [0.1, 0.15) is 0 Å². The summed E-state index contributed by atoms with van der Waals surface area (Å²) in [6.07, 6.45) is 12.9. The number of hydrogen-bond acceptors (Lipinski definition) is 3. The van der Waals surface area contributed by atoms with Crippen LogP contribution < -0.4 is 0 Å². The van der Waals surface area contributed by atoms with E-state index in [1.165, 1.54) is 60.8 Å². The predicted molar refractivity (Wildman–Crippen MR) is 149 cm³/mol. The van der Waals surface area contributed by atoms with Gasteiger partial charge in [-0.2, -0.15) is 0 Å². The van der Waals surface area contributed by atoms with Gasteiger partial charge in [-0.1, -0.05) is 102 Å². The number of aryl methyl sites for hydroxylation is 1. The monoisotopic (exact) mass is 492 g/mol. The standard InChI is InChI=1S/C31H40O3S/c1-6-7-8-9-10-24-19-26-27(31(4,5)18-17-30(26,2)3)20-25(24)16-13-22-11-14-23(15-12-22)29(34)35-21-28(32)33/h11-16,19-20H,6-10,17-18,21H2,1-5H3,(H,32,33)/b16-13+. The number of fused-ring (bicyclic) bond motifs is 1. The van der Waals surface area contributed by atoms with Crippen molar-refractivity contribution in [2.75, 3.05) is 5.75 Å². The van der Waals surface area contributed by atoms with E-state index < -0.39 is 5.97 Å². The summed E-state index contributed by atoms with van der Waals surface area (Å²) in [5.41, 5.74) is 7.64. The maximum absolute atomic E-state index is 12.2. The molecular formula is C31H40O3S. The van der Waals surface area contributed by atoms with Crippen LogP contribution in [0.2, 0.25) is 0 Å². The quantitative estimate of drug-likeness (QED) is 0.268. The lowest BCUT2D eigenvalue weighted by Crippen LogP contribution is -2.34. The number of thioether (sulfide) groups is 1. The highest BCUT2D eigenvalue weighted by atomic mass is 32.2. The molecule has 0 spiro atoms. The second-order valence-corrected chi connectivity index (χ2v) is 12.0.